The van der Waals surface area contributed by atoms with Crippen molar-refractivity contribution in [1.82, 2.24) is 0 Å². The van der Waals surface area contributed by atoms with Gasteiger partial charge in [-0.2, -0.15) is 0 Å². The van der Waals surface area contributed by atoms with Gasteiger partial charge in [0, 0.05) is 37.0 Å². The summed E-state index contributed by atoms with van der Waals surface area (Å²) in [6, 6.07) is 14.5. The van der Waals surface area contributed by atoms with Gasteiger partial charge in [0.2, 0.25) is 0 Å². The van der Waals surface area contributed by atoms with Gasteiger partial charge in [0.15, 0.2) is 0 Å². The van der Waals surface area contributed by atoms with Gasteiger partial charge in [0.1, 0.15) is 0 Å². The maximum Gasteiger partial charge on any atom is 0.0458 e. The number of rotatable bonds is 4. The third kappa shape index (κ3) is 3.65. The zero-order valence-corrected chi connectivity index (χ0v) is 12.3. The first kappa shape index (κ1) is 13.8. The Labute approximate surface area is 120 Å². The van der Waals surface area contributed by atoms with Gasteiger partial charge in [-0.1, -0.05) is 29.8 Å². The third-order valence-electron chi connectivity index (χ3n) is 3.05. The van der Waals surface area contributed by atoms with Crippen LogP contribution in [0.3, 0.4) is 0 Å². The van der Waals surface area contributed by atoms with Gasteiger partial charge in [-0.15, -0.1) is 0 Å². The van der Waals surface area contributed by atoms with Crippen LogP contribution in [0.5, 0.6) is 0 Å². The quantitative estimate of drug-likeness (QED) is 0.893. The van der Waals surface area contributed by atoms with Crippen LogP contribution in [0.4, 0.5) is 11.4 Å². The minimum Gasteiger partial charge on any atom is -0.381 e. The van der Waals surface area contributed by atoms with Crippen LogP contribution in [0.25, 0.3) is 0 Å². The minimum absolute atomic E-state index is 0.732. The molecule has 0 aliphatic carbocycles. The zero-order valence-electron chi connectivity index (χ0n) is 11.6. The van der Waals surface area contributed by atoms with Crippen molar-refractivity contribution in [3.05, 3.63) is 58.6 Å². The Bertz CT molecular complexity index is 564. The highest BCUT2D eigenvalue weighted by molar-refractivity contribution is 6.31. The van der Waals surface area contributed by atoms with Crippen molar-refractivity contribution in [3.63, 3.8) is 0 Å². The molecule has 100 valence electrons. The molecule has 2 nitrogen and oxygen atoms in total. The van der Waals surface area contributed by atoms with Crippen LogP contribution < -0.4 is 10.2 Å². The number of halogens is 1. The number of hydrogen-bond donors (Lipinski definition) is 1. The summed E-state index contributed by atoms with van der Waals surface area (Å²) in [6.07, 6.45) is 0. The lowest BCUT2D eigenvalue weighted by atomic mass is 10.1. The molecule has 0 heterocycles. The summed E-state index contributed by atoms with van der Waals surface area (Å²) >= 11 is 6.23. The van der Waals surface area contributed by atoms with E-state index in [-0.39, 0.29) is 0 Å². The molecule has 0 saturated heterocycles. The smallest absolute Gasteiger partial charge is 0.0458 e. The molecule has 0 unspecified atom stereocenters. The van der Waals surface area contributed by atoms with Crippen molar-refractivity contribution in [2.45, 2.75) is 13.5 Å². The lowest BCUT2D eigenvalue weighted by molar-refractivity contribution is 1.12. The average Bonchev–Trinajstić information content (AvgIpc) is 2.38. The maximum absolute atomic E-state index is 6.23. The molecule has 0 aliphatic rings. The molecule has 2 aromatic rings. The second kappa shape index (κ2) is 5.98. The largest absolute Gasteiger partial charge is 0.381 e. The molecule has 0 spiro atoms. The van der Waals surface area contributed by atoms with E-state index in [1.165, 1.54) is 11.3 Å². The summed E-state index contributed by atoms with van der Waals surface area (Å²) in [7, 11) is 4.08. The molecule has 0 aromatic heterocycles. The van der Waals surface area contributed by atoms with E-state index in [4.69, 9.17) is 11.6 Å². The van der Waals surface area contributed by atoms with Crippen molar-refractivity contribution in [2.24, 2.45) is 0 Å². The summed E-state index contributed by atoms with van der Waals surface area (Å²) in [5.74, 6) is 0. The summed E-state index contributed by atoms with van der Waals surface area (Å²) in [5, 5.41) is 4.22. The van der Waals surface area contributed by atoms with E-state index in [2.05, 4.69) is 46.6 Å². The second-order valence-corrected chi connectivity index (χ2v) is 5.30. The van der Waals surface area contributed by atoms with Gasteiger partial charge in [-0.25, -0.2) is 0 Å². The molecule has 2 aromatic carbocycles. The third-order valence-corrected chi connectivity index (χ3v) is 3.41. The first-order chi connectivity index (χ1) is 9.06. The molecule has 0 atom stereocenters. The van der Waals surface area contributed by atoms with Crippen molar-refractivity contribution < 1.29 is 0 Å². The van der Waals surface area contributed by atoms with Crippen molar-refractivity contribution in [3.8, 4) is 0 Å². The lowest BCUT2D eigenvalue weighted by Gasteiger charge is -2.15. The van der Waals surface area contributed by atoms with Gasteiger partial charge in [-0.3, -0.25) is 0 Å². The van der Waals surface area contributed by atoms with E-state index >= 15 is 0 Å². The van der Waals surface area contributed by atoms with Crippen LogP contribution in [0.15, 0.2) is 42.5 Å². The van der Waals surface area contributed by atoms with Crippen LogP contribution in [0.1, 0.15) is 11.1 Å². The minimum atomic E-state index is 0.732. The van der Waals surface area contributed by atoms with E-state index in [9.17, 15) is 0 Å². The summed E-state index contributed by atoms with van der Waals surface area (Å²) in [4.78, 5) is 2.09. The molecule has 0 aliphatic heterocycles. The molecule has 0 radical (unpaired) electrons. The Morgan fingerprint density at radius 3 is 2.58 bits per heavy atom. The molecule has 0 saturated carbocycles. The predicted octanol–water partition coefficient (Wildman–Crippen LogP) is 4.33. The van der Waals surface area contributed by atoms with Crippen molar-refractivity contribution >= 4 is 23.0 Å². The second-order valence-electron chi connectivity index (χ2n) is 4.89. The van der Waals surface area contributed by atoms with E-state index < -0.39 is 0 Å². The van der Waals surface area contributed by atoms with E-state index in [1.54, 1.807) is 0 Å². The van der Waals surface area contributed by atoms with E-state index in [0.717, 1.165) is 22.8 Å². The standard InChI is InChI=1S/C16H19ClN2/c1-12-7-8-13(16(17)9-12)11-18-14-5-4-6-15(10-14)19(2)3/h4-10,18H,11H2,1-3H3. The Morgan fingerprint density at radius 2 is 1.89 bits per heavy atom. The molecule has 2 rings (SSSR count). The Hall–Kier alpha value is -1.67. The first-order valence-corrected chi connectivity index (χ1v) is 6.70. The average molecular weight is 275 g/mol. The number of hydrogen-bond acceptors (Lipinski definition) is 2. The number of nitrogens with one attached hydrogen (secondary N) is 1. The van der Waals surface area contributed by atoms with Crippen LogP contribution in [0.2, 0.25) is 5.02 Å². The van der Waals surface area contributed by atoms with Crippen molar-refractivity contribution in [2.75, 3.05) is 24.3 Å². The molecule has 1 N–H and O–H groups in total. The van der Waals surface area contributed by atoms with Gasteiger partial charge < -0.3 is 10.2 Å². The van der Waals surface area contributed by atoms with Gasteiger partial charge in [0.05, 0.1) is 0 Å². The lowest BCUT2D eigenvalue weighted by Crippen LogP contribution is -2.09. The number of benzene rings is 2. The Kier molecular flexibility index (Phi) is 4.33. The molecule has 0 bridgehead atoms. The van der Waals surface area contributed by atoms with Crippen LogP contribution >= 0.6 is 11.6 Å². The normalized spacial score (nSPS) is 10.3. The molecule has 0 fully saturated rings. The van der Waals surface area contributed by atoms with Crippen LogP contribution in [-0.2, 0) is 6.54 Å². The van der Waals surface area contributed by atoms with Crippen molar-refractivity contribution in [1.29, 1.82) is 0 Å². The summed E-state index contributed by atoms with van der Waals surface area (Å²) < 4.78 is 0. The van der Waals surface area contributed by atoms with E-state index in [0.29, 0.717) is 0 Å². The molecule has 19 heavy (non-hydrogen) atoms. The molecule has 3 heteroatoms. The maximum atomic E-state index is 6.23. The van der Waals surface area contributed by atoms with Gasteiger partial charge >= 0.3 is 0 Å². The van der Waals surface area contributed by atoms with Gasteiger partial charge in [-0.05, 0) is 42.3 Å². The summed E-state index contributed by atoms with van der Waals surface area (Å²) in [6.45, 7) is 2.78. The molecular weight excluding hydrogens is 256 g/mol. The summed E-state index contributed by atoms with van der Waals surface area (Å²) in [5.41, 5.74) is 4.58. The number of anilines is 2. The van der Waals surface area contributed by atoms with E-state index in [1.807, 2.05) is 27.1 Å². The highest BCUT2D eigenvalue weighted by atomic mass is 35.5. The SMILES string of the molecule is Cc1ccc(CNc2cccc(N(C)C)c2)c(Cl)c1. The predicted molar refractivity (Wildman–Crippen MR) is 84.3 cm³/mol. The fourth-order valence-electron chi connectivity index (χ4n) is 1.89. The van der Waals surface area contributed by atoms with Crippen LogP contribution in [0, 0.1) is 6.92 Å². The molecular formula is C16H19ClN2. The zero-order chi connectivity index (χ0) is 13.8. The van der Waals surface area contributed by atoms with Gasteiger partial charge in [0.25, 0.3) is 0 Å². The highest BCUT2D eigenvalue weighted by Crippen LogP contribution is 2.21. The Balaban J connectivity index is 2.08. The fraction of sp³-hybridized carbons (Fsp3) is 0.250. The fourth-order valence-corrected chi connectivity index (χ4v) is 2.19. The Morgan fingerprint density at radius 1 is 1.11 bits per heavy atom. The molecule has 0 amide bonds. The topological polar surface area (TPSA) is 15.3 Å². The monoisotopic (exact) mass is 274 g/mol. The van der Waals surface area contributed by atoms with Crippen LogP contribution in [-0.4, -0.2) is 14.1 Å². The highest BCUT2D eigenvalue weighted by Gasteiger charge is 2.01. The number of nitrogens with zero attached hydrogens (tertiary/aromatic N) is 1. The number of aryl methyl sites for hydroxylation is 1. The first-order valence-electron chi connectivity index (χ1n) is 6.32.